The van der Waals surface area contributed by atoms with E-state index in [1.54, 1.807) is 18.2 Å². The molecule has 0 spiro atoms. The van der Waals surface area contributed by atoms with Crippen molar-refractivity contribution in [2.24, 2.45) is 0 Å². The van der Waals surface area contributed by atoms with E-state index >= 15 is 0 Å². The number of carbonyl (C=O) groups is 1. The molecular weight excluding hydrogens is 310 g/mol. The number of anilines is 1. The first-order chi connectivity index (χ1) is 11.0. The van der Waals surface area contributed by atoms with Crippen LogP contribution in [0.15, 0.2) is 23.7 Å². The van der Waals surface area contributed by atoms with E-state index in [1.165, 1.54) is 13.0 Å². The first kappa shape index (κ1) is 18.5. The molecule has 0 bridgehead atoms. The van der Waals surface area contributed by atoms with Gasteiger partial charge in [-0.1, -0.05) is 18.2 Å². The van der Waals surface area contributed by atoms with Crippen molar-refractivity contribution in [1.82, 2.24) is 5.32 Å². The van der Waals surface area contributed by atoms with Gasteiger partial charge in [0.2, 0.25) is 5.91 Å². The van der Waals surface area contributed by atoms with Gasteiger partial charge in [0.25, 0.3) is 0 Å². The van der Waals surface area contributed by atoms with Crippen LogP contribution >= 0.6 is 0 Å². The number of nitrogens with one attached hydrogen (secondary N) is 1. The Labute approximate surface area is 142 Å². The maximum absolute atomic E-state index is 14.2. The van der Waals surface area contributed by atoms with Crippen LogP contribution in [0.1, 0.15) is 40.2 Å². The summed E-state index contributed by atoms with van der Waals surface area (Å²) in [4.78, 5) is 11.3. The van der Waals surface area contributed by atoms with Gasteiger partial charge < -0.3 is 20.4 Å². The summed E-state index contributed by atoms with van der Waals surface area (Å²) in [6, 6.07) is 4.78. The third kappa shape index (κ3) is 3.79. The molecule has 1 aliphatic heterocycles. The minimum absolute atomic E-state index is 0.0662. The second-order valence-corrected chi connectivity index (χ2v) is 6.97. The molecule has 24 heavy (non-hydrogen) atoms. The highest BCUT2D eigenvalue weighted by Gasteiger charge is 2.52. The molecule has 3 N–H and O–H groups in total. The van der Waals surface area contributed by atoms with Crippen molar-refractivity contribution in [2.45, 2.75) is 45.8 Å². The standard InChI is InChI=1S/C17H24BFN2O3/c1-11(22)21-10-13(9-12-7-6-8-14(20)15(12)19)18-23-16(2,3)17(4,5)24-18/h6-9H,10,20H2,1-5H3,(H,21,22). The predicted molar refractivity (Wildman–Crippen MR) is 93.6 cm³/mol. The van der Waals surface area contributed by atoms with Crippen LogP contribution in [-0.2, 0) is 14.1 Å². The Bertz CT molecular complexity index is 658. The number of rotatable bonds is 4. The highest BCUT2D eigenvalue weighted by Crippen LogP contribution is 2.38. The van der Waals surface area contributed by atoms with Gasteiger partial charge in [0.1, 0.15) is 0 Å². The van der Waals surface area contributed by atoms with E-state index < -0.39 is 24.1 Å². The van der Waals surface area contributed by atoms with Crippen LogP contribution in [0.2, 0.25) is 0 Å². The lowest BCUT2D eigenvalue weighted by atomic mass is 9.77. The summed E-state index contributed by atoms with van der Waals surface area (Å²) in [6.45, 7) is 9.35. The number of carbonyl (C=O) groups excluding carboxylic acids is 1. The van der Waals surface area contributed by atoms with Gasteiger partial charge in [0, 0.05) is 19.0 Å². The van der Waals surface area contributed by atoms with E-state index in [-0.39, 0.29) is 18.1 Å². The van der Waals surface area contributed by atoms with Crippen LogP contribution in [0.4, 0.5) is 10.1 Å². The largest absolute Gasteiger partial charge is 0.492 e. The van der Waals surface area contributed by atoms with Crippen LogP contribution in [-0.4, -0.2) is 30.8 Å². The molecule has 5 nitrogen and oxygen atoms in total. The molecule has 1 fully saturated rings. The Morgan fingerprint density at radius 2 is 1.88 bits per heavy atom. The molecule has 1 aromatic carbocycles. The summed E-state index contributed by atoms with van der Waals surface area (Å²) in [5.74, 6) is -0.695. The number of hydrogen-bond donors (Lipinski definition) is 2. The fourth-order valence-corrected chi connectivity index (χ4v) is 2.30. The van der Waals surface area contributed by atoms with Gasteiger partial charge in [0.15, 0.2) is 5.82 Å². The normalized spacial score (nSPS) is 19.4. The molecule has 1 heterocycles. The van der Waals surface area contributed by atoms with E-state index in [4.69, 9.17) is 15.0 Å². The van der Waals surface area contributed by atoms with Crippen LogP contribution < -0.4 is 11.1 Å². The van der Waals surface area contributed by atoms with E-state index in [2.05, 4.69) is 5.32 Å². The van der Waals surface area contributed by atoms with Crippen LogP contribution in [0.25, 0.3) is 6.08 Å². The molecule has 2 rings (SSSR count). The maximum atomic E-state index is 14.2. The molecule has 0 atom stereocenters. The summed E-state index contributed by atoms with van der Waals surface area (Å²) in [5.41, 5.74) is 5.58. The van der Waals surface area contributed by atoms with Crippen molar-refractivity contribution in [3.05, 3.63) is 35.1 Å². The van der Waals surface area contributed by atoms with E-state index in [0.717, 1.165) is 0 Å². The number of hydrogen-bond acceptors (Lipinski definition) is 4. The molecule has 0 saturated carbocycles. The summed E-state index contributed by atoms with van der Waals surface area (Å²) in [6.07, 6.45) is 1.61. The highest BCUT2D eigenvalue weighted by atomic mass is 19.1. The van der Waals surface area contributed by atoms with Crippen molar-refractivity contribution >= 4 is 24.8 Å². The second-order valence-electron chi connectivity index (χ2n) is 6.97. The van der Waals surface area contributed by atoms with Crippen LogP contribution in [0, 0.1) is 5.82 Å². The quantitative estimate of drug-likeness (QED) is 0.656. The SMILES string of the molecule is CC(=O)NCC(=Cc1cccc(N)c1F)B1OC(C)(C)C(C)(C)O1. The Balaban J connectivity index is 2.37. The van der Waals surface area contributed by atoms with Crippen LogP contribution in [0.3, 0.4) is 0 Å². The molecule has 1 aliphatic rings. The zero-order valence-corrected chi connectivity index (χ0v) is 14.8. The Kier molecular flexibility index (Phi) is 5.06. The third-order valence-electron chi connectivity index (χ3n) is 4.50. The molecule has 0 aliphatic carbocycles. The Morgan fingerprint density at radius 3 is 2.42 bits per heavy atom. The van der Waals surface area contributed by atoms with Gasteiger partial charge in [-0.2, -0.15) is 0 Å². The lowest BCUT2D eigenvalue weighted by Gasteiger charge is -2.32. The average molecular weight is 334 g/mol. The zero-order chi connectivity index (χ0) is 18.1. The maximum Gasteiger partial charge on any atom is 0.492 e. The zero-order valence-electron chi connectivity index (χ0n) is 14.8. The summed E-state index contributed by atoms with van der Waals surface area (Å²) < 4.78 is 26.2. The van der Waals surface area contributed by atoms with Gasteiger partial charge in [-0.05, 0) is 39.2 Å². The van der Waals surface area contributed by atoms with Gasteiger partial charge in [-0.25, -0.2) is 4.39 Å². The minimum atomic E-state index is -0.678. The summed E-state index contributed by atoms with van der Waals surface area (Å²) in [7, 11) is -0.678. The predicted octanol–water partition coefficient (Wildman–Crippen LogP) is 2.56. The van der Waals surface area contributed by atoms with E-state index in [0.29, 0.717) is 11.0 Å². The minimum Gasteiger partial charge on any atom is -0.400 e. The van der Waals surface area contributed by atoms with Crippen LogP contribution in [0.5, 0.6) is 0 Å². The van der Waals surface area contributed by atoms with E-state index in [1.807, 2.05) is 27.7 Å². The molecule has 0 aromatic heterocycles. The van der Waals surface area contributed by atoms with Gasteiger partial charge in [-0.15, -0.1) is 0 Å². The lowest BCUT2D eigenvalue weighted by molar-refractivity contribution is -0.118. The van der Waals surface area contributed by atoms with Gasteiger partial charge >= 0.3 is 7.12 Å². The smallest absolute Gasteiger partial charge is 0.400 e. The fourth-order valence-electron chi connectivity index (χ4n) is 2.30. The molecule has 0 radical (unpaired) electrons. The molecule has 1 amide bonds. The monoisotopic (exact) mass is 334 g/mol. The fraction of sp³-hybridized carbons (Fsp3) is 0.471. The topological polar surface area (TPSA) is 73.6 Å². The molecule has 1 saturated heterocycles. The van der Waals surface area contributed by atoms with Gasteiger partial charge in [-0.3, -0.25) is 4.79 Å². The van der Waals surface area contributed by atoms with Crippen molar-refractivity contribution in [3.8, 4) is 0 Å². The highest BCUT2D eigenvalue weighted by molar-refractivity contribution is 6.56. The van der Waals surface area contributed by atoms with Crippen molar-refractivity contribution in [3.63, 3.8) is 0 Å². The molecule has 1 aromatic rings. The second kappa shape index (κ2) is 6.57. The first-order valence-electron chi connectivity index (χ1n) is 7.88. The van der Waals surface area contributed by atoms with Crippen molar-refractivity contribution in [1.29, 1.82) is 0 Å². The molecule has 7 heteroatoms. The van der Waals surface area contributed by atoms with Gasteiger partial charge in [0.05, 0.1) is 16.9 Å². The number of nitrogens with two attached hydrogens (primary N) is 1. The number of halogens is 1. The molecule has 130 valence electrons. The number of amides is 1. The third-order valence-corrected chi connectivity index (χ3v) is 4.50. The molecule has 0 unspecified atom stereocenters. The Morgan fingerprint density at radius 1 is 1.29 bits per heavy atom. The van der Waals surface area contributed by atoms with E-state index in [9.17, 15) is 9.18 Å². The summed E-state index contributed by atoms with van der Waals surface area (Å²) in [5, 5.41) is 2.71. The summed E-state index contributed by atoms with van der Waals surface area (Å²) >= 11 is 0. The van der Waals surface area contributed by atoms with Crippen molar-refractivity contribution < 1.29 is 18.5 Å². The average Bonchev–Trinajstić information content (AvgIpc) is 2.67. The molecular formula is C17H24BFN2O3. The number of benzene rings is 1. The number of nitrogen functional groups attached to an aromatic ring is 1. The first-order valence-corrected chi connectivity index (χ1v) is 7.88. The van der Waals surface area contributed by atoms with Crippen molar-refractivity contribution in [2.75, 3.05) is 12.3 Å². The Hall–Kier alpha value is -1.86. The lowest BCUT2D eigenvalue weighted by Crippen LogP contribution is -2.41.